The minimum atomic E-state index is -0.774. The average molecular weight is 345 g/mol. The largest absolute Gasteiger partial charge is 0.463 e. The zero-order chi connectivity index (χ0) is 17.1. The molecule has 0 N–H and O–H groups in total. The lowest BCUT2D eigenvalue weighted by molar-refractivity contribution is -0.155. The molecule has 0 spiro atoms. The molecule has 0 aliphatic carbocycles. The molecule has 6 heteroatoms. The Kier molecular flexibility index (Phi) is 4.71. The fraction of sp³-hybridized carbons (Fsp3) is 0.222. The van der Waals surface area contributed by atoms with Gasteiger partial charge in [0.15, 0.2) is 5.82 Å². The number of carbonyl (C=O) groups is 1. The van der Waals surface area contributed by atoms with Gasteiger partial charge in [-0.3, -0.25) is 0 Å². The highest BCUT2D eigenvalue weighted by Crippen LogP contribution is 2.26. The zero-order valence-electron chi connectivity index (χ0n) is 13.4. The Bertz CT molecular complexity index is 861. The third-order valence-corrected chi connectivity index (χ3v) is 3.72. The van der Waals surface area contributed by atoms with Gasteiger partial charge < -0.3 is 9.57 Å². The number of carbonyl (C=O) groups excluding carboxylic acids is 1. The molecule has 0 fully saturated rings. The number of esters is 1. The summed E-state index contributed by atoms with van der Waals surface area (Å²) in [4.78, 5) is 22.4. The van der Waals surface area contributed by atoms with Gasteiger partial charge in [0.25, 0.3) is 0 Å². The molecule has 0 saturated carbocycles. The summed E-state index contributed by atoms with van der Waals surface area (Å²) in [7, 11) is 0. The van der Waals surface area contributed by atoms with E-state index in [9.17, 15) is 4.79 Å². The van der Waals surface area contributed by atoms with Gasteiger partial charge >= 0.3 is 5.97 Å². The van der Waals surface area contributed by atoms with Gasteiger partial charge in [0.1, 0.15) is 5.52 Å². The molecule has 0 aliphatic rings. The van der Waals surface area contributed by atoms with Crippen LogP contribution in [-0.2, 0) is 9.53 Å². The van der Waals surface area contributed by atoms with Gasteiger partial charge in [0, 0.05) is 10.6 Å². The monoisotopic (exact) mass is 344 g/mol. The summed E-state index contributed by atoms with van der Waals surface area (Å²) in [5.74, 6) is 0.171. The fourth-order valence-corrected chi connectivity index (χ4v) is 2.53. The molecule has 1 heterocycles. The van der Waals surface area contributed by atoms with Crippen molar-refractivity contribution in [2.75, 3.05) is 6.61 Å². The minimum absolute atomic E-state index is 0.300. The van der Waals surface area contributed by atoms with E-state index in [1.165, 1.54) is 4.73 Å². The van der Waals surface area contributed by atoms with Crippen molar-refractivity contribution in [1.29, 1.82) is 0 Å². The number of nitrogens with zero attached hydrogens (tertiary/aromatic N) is 2. The number of rotatable bonds is 5. The standard InChI is InChI=1S/C18H17ClN2O3/c1-3-23-18(22)12(2)24-21-16-11-14(19)9-10-15(16)20-17(21)13-7-5-4-6-8-13/h4-12H,3H2,1-2H3/t12-/m1/s1. The van der Waals surface area contributed by atoms with Gasteiger partial charge in [-0.15, -0.1) is 0 Å². The molecule has 24 heavy (non-hydrogen) atoms. The van der Waals surface area contributed by atoms with Gasteiger partial charge in [-0.2, -0.15) is 4.73 Å². The second kappa shape index (κ2) is 6.93. The molecule has 0 amide bonds. The number of aromatic nitrogens is 2. The van der Waals surface area contributed by atoms with Gasteiger partial charge in [-0.05, 0) is 32.0 Å². The first-order chi connectivity index (χ1) is 11.6. The summed E-state index contributed by atoms with van der Waals surface area (Å²) in [6.45, 7) is 3.70. The number of imidazole rings is 1. The second-order valence-electron chi connectivity index (χ2n) is 5.23. The predicted octanol–water partition coefficient (Wildman–Crippen LogP) is 3.74. The van der Waals surface area contributed by atoms with E-state index < -0.39 is 12.1 Å². The van der Waals surface area contributed by atoms with Crippen LogP contribution in [-0.4, -0.2) is 28.4 Å². The first-order valence-electron chi connectivity index (χ1n) is 7.67. The third-order valence-electron chi connectivity index (χ3n) is 3.49. The number of hydrogen-bond donors (Lipinski definition) is 0. The number of fused-ring (bicyclic) bond motifs is 1. The lowest BCUT2D eigenvalue weighted by Gasteiger charge is -2.16. The molecule has 0 saturated heterocycles. The molecule has 1 aromatic heterocycles. The van der Waals surface area contributed by atoms with Crippen molar-refractivity contribution in [3.8, 4) is 11.4 Å². The smallest absolute Gasteiger partial charge is 0.349 e. The van der Waals surface area contributed by atoms with E-state index in [2.05, 4.69) is 4.98 Å². The molecule has 2 aromatic carbocycles. The average Bonchev–Trinajstić information content (AvgIpc) is 2.94. The van der Waals surface area contributed by atoms with Crippen LogP contribution in [0.3, 0.4) is 0 Å². The molecule has 5 nitrogen and oxygen atoms in total. The molecule has 0 unspecified atom stereocenters. The highest BCUT2D eigenvalue weighted by molar-refractivity contribution is 6.31. The van der Waals surface area contributed by atoms with Gasteiger partial charge in [0.05, 0.1) is 12.1 Å². The van der Waals surface area contributed by atoms with Crippen molar-refractivity contribution in [1.82, 2.24) is 9.71 Å². The highest BCUT2D eigenvalue weighted by Gasteiger charge is 2.21. The SMILES string of the molecule is CCOC(=O)[C@@H](C)On1c(-c2ccccc2)nc2ccc(Cl)cc21. The van der Waals surface area contributed by atoms with Crippen molar-refractivity contribution in [3.63, 3.8) is 0 Å². The Morgan fingerprint density at radius 3 is 2.71 bits per heavy atom. The van der Waals surface area contributed by atoms with Crippen LogP contribution < -0.4 is 4.84 Å². The summed E-state index contributed by atoms with van der Waals surface area (Å²) in [6, 6.07) is 15.0. The van der Waals surface area contributed by atoms with Crippen LogP contribution in [0.2, 0.25) is 5.02 Å². The van der Waals surface area contributed by atoms with E-state index in [0.717, 1.165) is 11.1 Å². The molecule has 1 atom stereocenters. The van der Waals surface area contributed by atoms with E-state index >= 15 is 0 Å². The quantitative estimate of drug-likeness (QED) is 0.662. The van der Waals surface area contributed by atoms with Gasteiger partial charge in [-0.25, -0.2) is 9.78 Å². The predicted molar refractivity (Wildman–Crippen MR) is 92.9 cm³/mol. The highest BCUT2D eigenvalue weighted by atomic mass is 35.5. The van der Waals surface area contributed by atoms with E-state index in [1.54, 1.807) is 26.0 Å². The maximum Gasteiger partial charge on any atom is 0.349 e. The summed E-state index contributed by atoms with van der Waals surface area (Å²) in [5.41, 5.74) is 2.30. The maximum absolute atomic E-state index is 11.9. The topological polar surface area (TPSA) is 53.4 Å². The Hall–Kier alpha value is -2.53. The molecule has 3 aromatic rings. The van der Waals surface area contributed by atoms with E-state index in [0.29, 0.717) is 23.0 Å². The zero-order valence-corrected chi connectivity index (χ0v) is 14.2. The number of hydrogen-bond acceptors (Lipinski definition) is 4. The number of benzene rings is 2. The van der Waals surface area contributed by atoms with Crippen molar-refractivity contribution in [2.45, 2.75) is 20.0 Å². The van der Waals surface area contributed by atoms with E-state index in [-0.39, 0.29) is 0 Å². The molecule has 0 aliphatic heterocycles. The van der Waals surface area contributed by atoms with E-state index in [1.807, 2.05) is 36.4 Å². The first-order valence-corrected chi connectivity index (χ1v) is 8.05. The lowest BCUT2D eigenvalue weighted by Crippen LogP contribution is -2.32. The Morgan fingerprint density at radius 1 is 1.25 bits per heavy atom. The lowest BCUT2D eigenvalue weighted by atomic mass is 10.2. The molecule has 0 radical (unpaired) electrons. The fourth-order valence-electron chi connectivity index (χ4n) is 2.36. The van der Waals surface area contributed by atoms with Crippen LogP contribution in [0.25, 0.3) is 22.4 Å². The first kappa shape index (κ1) is 16.3. The van der Waals surface area contributed by atoms with Gasteiger partial charge in [-0.1, -0.05) is 41.9 Å². The van der Waals surface area contributed by atoms with Crippen LogP contribution in [0.4, 0.5) is 0 Å². The third kappa shape index (κ3) is 3.21. The van der Waals surface area contributed by atoms with Crippen LogP contribution in [0.15, 0.2) is 48.5 Å². The van der Waals surface area contributed by atoms with Crippen LogP contribution in [0.1, 0.15) is 13.8 Å². The minimum Gasteiger partial charge on any atom is -0.463 e. The van der Waals surface area contributed by atoms with Crippen molar-refractivity contribution in [3.05, 3.63) is 53.6 Å². The van der Waals surface area contributed by atoms with Crippen LogP contribution in [0, 0.1) is 0 Å². The summed E-state index contributed by atoms with van der Waals surface area (Å²) in [5, 5.41) is 0.565. The van der Waals surface area contributed by atoms with Crippen molar-refractivity contribution in [2.24, 2.45) is 0 Å². The van der Waals surface area contributed by atoms with Crippen molar-refractivity contribution >= 4 is 28.6 Å². The van der Waals surface area contributed by atoms with E-state index in [4.69, 9.17) is 21.2 Å². The normalized spacial score (nSPS) is 12.1. The summed E-state index contributed by atoms with van der Waals surface area (Å²) >= 11 is 6.11. The van der Waals surface area contributed by atoms with Crippen molar-refractivity contribution < 1.29 is 14.4 Å². The molecule has 124 valence electrons. The summed E-state index contributed by atoms with van der Waals surface area (Å²) in [6.07, 6.45) is -0.774. The molecular weight excluding hydrogens is 328 g/mol. The van der Waals surface area contributed by atoms with Gasteiger partial charge in [0.2, 0.25) is 6.10 Å². The molecule has 0 bridgehead atoms. The summed E-state index contributed by atoms with van der Waals surface area (Å²) < 4.78 is 6.55. The van der Waals surface area contributed by atoms with Crippen LogP contribution in [0.5, 0.6) is 0 Å². The molecular formula is C18H17ClN2O3. The maximum atomic E-state index is 11.9. The van der Waals surface area contributed by atoms with Crippen LogP contribution >= 0.6 is 11.6 Å². The second-order valence-corrected chi connectivity index (χ2v) is 5.66. The number of halogens is 1. The Morgan fingerprint density at radius 2 is 2.00 bits per heavy atom. The Labute approximate surface area is 144 Å². The number of ether oxygens (including phenoxy) is 1. The molecule has 3 rings (SSSR count). The Balaban J connectivity index is 2.09.